The van der Waals surface area contributed by atoms with Crippen LogP contribution in [0.5, 0.6) is 0 Å². The van der Waals surface area contributed by atoms with Gasteiger partial charge in [-0.2, -0.15) is 8.42 Å². The smallest absolute Gasteiger partial charge is 0.267 e. The van der Waals surface area contributed by atoms with Crippen molar-refractivity contribution in [2.24, 2.45) is 35.5 Å². The summed E-state index contributed by atoms with van der Waals surface area (Å²) in [6.07, 6.45) is 44.5. The van der Waals surface area contributed by atoms with Gasteiger partial charge >= 0.3 is 0 Å². The Kier molecular flexibility index (Phi) is 25.3. The second-order valence-corrected chi connectivity index (χ2v) is 19.2. The summed E-state index contributed by atoms with van der Waals surface area (Å²) in [5.74, 6) is 4.70. The van der Waals surface area contributed by atoms with Gasteiger partial charge in [-0.1, -0.05) is 201 Å². The molecule has 2 saturated carbocycles. The van der Waals surface area contributed by atoms with Crippen LogP contribution < -0.4 is 0 Å². The van der Waals surface area contributed by atoms with E-state index in [-0.39, 0.29) is 0 Å². The molecule has 7 unspecified atom stereocenters. The molecule has 0 aromatic rings. The van der Waals surface area contributed by atoms with Crippen LogP contribution in [0.3, 0.4) is 0 Å². The fourth-order valence-electron chi connectivity index (χ4n) is 9.71. The first kappa shape index (κ1) is 44.1. The van der Waals surface area contributed by atoms with Gasteiger partial charge in [0.2, 0.25) is 0 Å². The monoisotopic (exact) mass is 695 g/mol. The van der Waals surface area contributed by atoms with Gasteiger partial charge in [0.25, 0.3) is 10.1 Å². The Labute approximate surface area is 302 Å². The van der Waals surface area contributed by atoms with Gasteiger partial charge in [-0.05, 0) is 74.0 Å². The Morgan fingerprint density at radius 3 is 1.29 bits per heavy atom. The van der Waals surface area contributed by atoms with Crippen molar-refractivity contribution in [2.45, 2.75) is 245 Å². The zero-order chi connectivity index (χ0) is 34.9. The molecule has 0 heterocycles. The van der Waals surface area contributed by atoms with Gasteiger partial charge in [-0.25, -0.2) is 0 Å². The van der Waals surface area contributed by atoms with Gasteiger partial charge < -0.3 is 0 Å². The second kappa shape index (κ2) is 27.5. The summed E-state index contributed by atoms with van der Waals surface area (Å²) in [6, 6.07) is 0. The molecule has 2 aliphatic rings. The Morgan fingerprint density at radius 1 is 0.479 bits per heavy atom. The molecule has 0 bridgehead atoms. The molecule has 0 saturated heterocycles. The van der Waals surface area contributed by atoms with E-state index in [9.17, 15) is 13.0 Å². The van der Waals surface area contributed by atoms with Gasteiger partial charge in [-0.3, -0.25) is 4.55 Å². The van der Waals surface area contributed by atoms with Gasteiger partial charge in [0.1, 0.15) is 0 Å². The second-order valence-electron chi connectivity index (χ2n) is 17.5. The molecule has 0 aromatic carbocycles. The third-order valence-electron chi connectivity index (χ3n) is 13.1. The lowest BCUT2D eigenvalue weighted by Crippen LogP contribution is -2.37. The Bertz CT molecular complexity index is 840. The van der Waals surface area contributed by atoms with E-state index < -0.39 is 15.4 Å². The van der Waals surface area contributed by atoms with E-state index in [0.29, 0.717) is 24.7 Å². The molecule has 0 radical (unpaired) electrons. The zero-order valence-electron chi connectivity index (χ0n) is 33.0. The molecule has 3 nitrogen and oxygen atoms in total. The molecule has 1 N–H and O–H groups in total. The molecular formula is C44H86O3S. The summed E-state index contributed by atoms with van der Waals surface area (Å²) in [4.78, 5) is 0. The van der Waals surface area contributed by atoms with Crippen LogP contribution >= 0.6 is 0 Å². The Morgan fingerprint density at radius 2 is 0.833 bits per heavy atom. The highest BCUT2D eigenvalue weighted by Gasteiger charge is 2.40. The lowest BCUT2D eigenvalue weighted by molar-refractivity contribution is 0.0911. The van der Waals surface area contributed by atoms with Gasteiger partial charge in [-0.15, -0.1) is 0 Å². The number of unbranched alkanes of at least 4 members (excludes halogenated alkanes) is 17. The maximum Gasteiger partial charge on any atom is 0.267 e. The van der Waals surface area contributed by atoms with Crippen LogP contribution in [0.1, 0.15) is 240 Å². The fraction of sp³-hybridized carbons (Fsp3) is 1.00. The van der Waals surface area contributed by atoms with Crippen molar-refractivity contribution in [2.75, 3.05) is 0 Å². The largest absolute Gasteiger partial charge is 0.285 e. The minimum absolute atomic E-state index is 0.502. The van der Waals surface area contributed by atoms with Crippen molar-refractivity contribution in [3.8, 4) is 0 Å². The molecule has 0 amide bonds. The SMILES string of the molecule is CCCCCCCCCCCC(C)CCCCC(CCCCCCCC(C)CCCCCCC)C1CCC2CC(S(=O)(=O)O)CCC2C1. The highest BCUT2D eigenvalue weighted by molar-refractivity contribution is 7.86. The number of hydrogen-bond acceptors (Lipinski definition) is 2. The van der Waals surface area contributed by atoms with Crippen LogP contribution in [0.25, 0.3) is 0 Å². The van der Waals surface area contributed by atoms with E-state index >= 15 is 0 Å². The summed E-state index contributed by atoms with van der Waals surface area (Å²) in [5.41, 5.74) is 0. The van der Waals surface area contributed by atoms with Crippen LogP contribution in [0.15, 0.2) is 0 Å². The van der Waals surface area contributed by atoms with E-state index in [1.165, 1.54) is 193 Å². The Hall–Kier alpha value is -0.0900. The minimum Gasteiger partial charge on any atom is -0.285 e. The average Bonchev–Trinajstić information content (AvgIpc) is 3.07. The van der Waals surface area contributed by atoms with E-state index in [4.69, 9.17) is 0 Å². The van der Waals surface area contributed by atoms with Gasteiger partial charge in [0.15, 0.2) is 0 Å². The summed E-state index contributed by atoms with van der Waals surface area (Å²) in [6.45, 7) is 9.58. The van der Waals surface area contributed by atoms with E-state index in [1.807, 2.05) is 0 Å². The van der Waals surface area contributed by atoms with Gasteiger partial charge in [0.05, 0.1) is 5.25 Å². The highest BCUT2D eigenvalue weighted by Crippen LogP contribution is 2.47. The normalized spacial score (nSPS) is 23.5. The van der Waals surface area contributed by atoms with Crippen LogP contribution in [0.4, 0.5) is 0 Å². The molecule has 2 rings (SSSR count). The average molecular weight is 695 g/mol. The first-order chi connectivity index (χ1) is 23.2. The molecule has 2 fully saturated rings. The molecule has 7 atom stereocenters. The first-order valence-electron chi connectivity index (χ1n) is 22.2. The van der Waals surface area contributed by atoms with E-state index in [0.717, 1.165) is 30.1 Å². The van der Waals surface area contributed by atoms with Crippen LogP contribution in [-0.2, 0) is 10.1 Å². The molecular weight excluding hydrogens is 609 g/mol. The molecule has 4 heteroatoms. The maximum atomic E-state index is 11.8. The number of fused-ring (bicyclic) bond motifs is 1. The first-order valence-corrected chi connectivity index (χ1v) is 23.7. The molecule has 2 aliphatic carbocycles. The van der Waals surface area contributed by atoms with Crippen LogP contribution in [0.2, 0.25) is 0 Å². The van der Waals surface area contributed by atoms with Crippen molar-refractivity contribution in [1.82, 2.24) is 0 Å². The Balaban J connectivity index is 1.68. The molecule has 0 spiro atoms. The van der Waals surface area contributed by atoms with Crippen molar-refractivity contribution >= 4 is 10.1 Å². The molecule has 0 aromatic heterocycles. The minimum atomic E-state index is -3.88. The topological polar surface area (TPSA) is 54.4 Å². The van der Waals surface area contributed by atoms with Crippen LogP contribution in [0, 0.1) is 35.5 Å². The summed E-state index contributed by atoms with van der Waals surface area (Å²) in [5, 5.41) is -0.502. The maximum absolute atomic E-state index is 11.8. The summed E-state index contributed by atoms with van der Waals surface area (Å²) >= 11 is 0. The summed E-state index contributed by atoms with van der Waals surface area (Å²) in [7, 11) is -3.88. The fourth-order valence-corrected chi connectivity index (χ4v) is 10.6. The lowest BCUT2D eigenvalue weighted by atomic mass is 9.63. The number of hydrogen-bond donors (Lipinski definition) is 1. The van der Waals surface area contributed by atoms with Crippen molar-refractivity contribution in [3.63, 3.8) is 0 Å². The highest BCUT2D eigenvalue weighted by atomic mass is 32.2. The third kappa shape index (κ3) is 20.7. The van der Waals surface area contributed by atoms with E-state index in [2.05, 4.69) is 27.7 Å². The molecule has 48 heavy (non-hydrogen) atoms. The van der Waals surface area contributed by atoms with Crippen molar-refractivity contribution in [1.29, 1.82) is 0 Å². The molecule has 286 valence electrons. The molecule has 0 aliphatic heterocycles. The quantitative estimate of drug-likeness (QED) is 0.0580. The summed E-state index contributed by atoms with van der Waals surface area (Å²) < 4.78 is 33.4. The lowest BCUT2D eigenvalue weighted by Gasteiger charge is -2.43. The van der Waals surface area contributed by atoms with Gasteiger partial charge in [0, 0.05) is 0 Å². The van der Waals surface area contributed by atoms with Crippen molar-refractivity contribution in [3.05, 3.63) is 0 Å². The van der Waals surface area contributed by atoms with Crippen LogP contribution in [-0.4, -0.2) is 18.2 Å². The zero-order valence-corrected chi connectivity index (χ0v) is 33.9. The third-order valence-corrected chi connectivity index (χ3v) is 14.4. The van der Waals surface area contributed by atoms with E-state index in [1.54, 1.807) is 0 Å². The van der Waals surface area contributed by atoms with Crippen molar-refractivity contribution < 1.29 is 13.0 Å². The predicted molar refractivity (Wildman–Crippen MR) is 211 cm³/mol. The number of rotatable bonds is 31. The standard InChI is InChI=1S/C44H86O3S/c1-5-7-9-11-12-13-14-17-21-28-39(4)29-24-25-31-40(30-23-19-15-18-22-27-38(3)26-20-16-10-8-6-2)41-32-33-43-37-44(48(45,46)47)35-34-42(43)36-41/h38-44H,5-37H2,1-4H3,(H,45,46,47). The predicted octanol–water partition coefficient (Wildman–Crippen LogP) is 14.9.